The summed E-state index contributed by atoms with van der Waals surface area (Å²) in [7, 11) is 0. The van der Waals surface area contributed by atoms with Crippen LogP contribution in [0.2, 0.25) is 0 Å². The normalized spacial score (nSPS) is 42.8. The summed E-state index contributed by atoms with van der Waals surface area (Å²) in [5, 5.41) is 11.8. The molecule has 3 aliphatic rings. The van der Waals surface area contributed by atoms with Crippen LogP contribution in [0.5, 0.6) is 0 Å². The summed E-state index contributed by atoms with van der Waals surface area (Å²) in [5.41, 5.74) is 0.694. The zero-order chi connectivity index (χ0) is 16.9. The summed E-state index contributed by atoms with van der Waals surface area (Å²) in [5.74, 6) is 0.670. The number of carbonyl (C=O) groups excluding carboxylic acids is 1. The Morgan fingerprint density at radius 1 is 1.26 bits per heavy atom. The van der Waals surface area contributed by atoms with Crippen molar-refractivity contribution in [3.05, 3.63) is 11.6 Å². The van der Waals surface area contributed by atoms with Gasteiger partial charge in [0.2, 0.25) is 0 Å². The number of rotatable bonds is 3. The summed E-state index contributed by atoms with van der Waals surface area (Å²) in [6.45, 7) is 9.73. The third-order valence-corrected chi connectivity index (χ3v) is 7.47. The predicted molar refractivity (Wildman–Crippen MR) is 90.9 cm³/mol. The maximum atomic E-state index is 11.8. The average molecular weight is 320 g/mol. The minimum atomic E-state index is -0.639. The summed E-state index contributed by atoms with van der Waals surface area (Å²) < 4.78 is 5.02. The van der Waals surface area contributed by atoms with Gasteiger partial charge in [0.05, 0.1) is 5.60 Å². The van der Waals surface area contributed by atoms with Crippen LogP contribution in [0, 0.1) is 22.7 Å². The number of hydrogen-bond acceptors (Lipinski definition) is 3. The van der Waals surface area contributed by atoms with E-state index in [1.54, 1.807) is 6.08 Å². The van der Waals surface area contributed by atoms with E-state index >= 15 is 0 Å². The fourth-order valence-corrected chi connectivity index (χ4v) is 6.01. The van der Waals surface area contributed by atoms with Crippen molar-refractivity contribution in [2.45, 2.75) is 78.2 Å². The smallest absolute Gasteiger partial charge is 0.331 e. The average Bonchev–Trinajstić information content (AvgIpc) is 2.87. The van der Waals surface area contributed by atoms with Crippen LogP contribution in [-0.4, -0.2) is 23.3 Å². The lowest BCUT2D eigenvalue weighted by Gasteiger charge is -2.63. The number of ether oxygens (including phenoxy) is 1. The Bertz CT molecular complexity index is 521. The Labute approximate surface area is 140 Å². The molecule has 1 heterocycles. The second kappa shape index (κ2) is 5.61. The van der Waals surface area contributed by atoms with E-state index in [9.17, 15) is 9.90 Å². The molecular weight excluding hydrogens is 288 g/mol. The van der Waals surface area contributed by atoms with E-state index in [0.717, 1.165) is 31.3 Å². The van der Waals surface area contributed by atoms with E-state index in [1.807, 2.05) is 0 Å². The van der Waals surface area contributed by atoms with E-state index in [-0.39, 0.29) is 11.4 Å². The second-order valence-corrected chi connectivity index (χ2v) is 9.13. The van der Waals surface area contributed by atoms with Gasteiger partial charge in [-0.2, -0.15) is 0 Å². The fourth-order valence-electron chi connectivity index (χ4n) is 6.01. The lowest BCUT2D eigenvalue weighted by atomic mass is 9.44. The highest BCUT2D eigenvalue weighted by atomic mass is 16.5. The van der Waals surface area contributed by atoms with Crippen LogP contribution in [0.15, 0.2) is 11.6 Å². The summed E-state index contributed by atoms with van der Waals surface area (Å²) in [6.07, 6.45) is 9.07. The Morgan fingerprint density at radius 3 is 2.65 bits per heavy atom. The van der Waals surface area contributed by atoms with Crippen LogP contribution in [-0.2, 0) is 9.53 Å². The van der Waals surface area contributed by atoms with E-state index in [0.29, 0.717) is 23.9 Å². The molecule has 3 heteroatoms. The first-order valence-corrected chi connectivity index (χ1v) is 9.28. The maximum absolute atomic E-state index is 11.8. The fraction of sp³-hybridized carbons (Fsp3) is 0.850. The molecule has 4 atom stereocenters. The van der Waals surface area contributed by atoms with Crippen molar-refractivity contribution in [2.75, 3.05) is 6.61 Å². The first-order valence-electron chi connectivity index (χ1n) is 9.28. The molecule has 0 bridgehead atoms. The van der Waals surface area contributed by atoms with Gasteiger partial charge < -0.3 is 9.84 Å². The van der Waals surface area contributed by atoms with Gasteiger partial charge in [0, 0.05) is 6.08 Å². The van der Waals surface area contributed by atoms with Crippen molar-refractivity contribution in [1.82, 2.24) is 0 Å². The Kier molecular flexibility index (Phi) is 4.15. The zero-order valence-electron chi connectivity index (χ0n) is 15.2. The highest BCUT2D eigenvalue weighted by Gasteiger charge is 2.60. The highest BCUT2D eigenvalue weighted by molar-refractivity contribution is 5.85. The van der Waals surface area contributed by atoms with Crippen LogP contribution in [0.4, 0.5) is 0 Å². The van der Waals surface area contributed by atoms with Crippen LogP contribution in [0.25, 0.3) is 0 Å². The van der Waals surface area contributed by atoms with Crippen LogP contribution >= 0.6 is 0 Å². The van der Waals surface area contributed by atoms with Crippen molar-refractivity contribution in [2.24, 2.45) is 22.7 Å². The van der Waals surface area contributed by atoms with Crippen LogP contribution in [0.1, 0.15) is 72.6 Å². The van der Waals surface area contributed by atoms with Gasteiger partial charge in [-0.3, -0.25) is 0 Å². The first kappa shape index (κ1) is 17.0. The van der Waals surface area contributed by atoms with E-state index in [2.05, 4.69) is 27.7 Å². The molecule has 0 spiro atoms. The van der Waals surface area contributed by atoms with Crippen molar-refractivity contribution in [3.8, 4) is 0 Å². The molecule has 3 nitrogen and oxygen atoms in total. The molecule has 130 valence electrons. The Morgan fingerprint density at radius 2 is 2.00 bits per heavy atom. The molecule has 0 aromatic carbocycles. The summed E-state index contributed by atoms with van der Waals surface area (Å²) in [6, 6.07) is 0. The molecule has 0 amide bonds. The molecule has 0 aromatic rings. The molecule has 0 radical (unpaired) electrons. The summed E-state index contributed by atoms with van der Waals surface area (Å²) in [4.78, 5) is 11.3. The van der Waals surface area contributed by atoms with Gasteiger partial charge in [0.15, 0.2) is 0 Å². The molecular formula is C20H32O3. The second-order valence-electron chi connectivity index (χ2n) is 9.13. The number of cyclic esters (lactones) is 1. The molecule has 1 aliphatic heterocycles. The van der Waals surface area contributed by atoms with Crippen molar-refractivity contribution >= 4 is 5.97 Å². The molecule has 3 rings (SSSR count). The van der Waals surface area contributed by atoms with Gasteiger partial charge in [-0.1, -0.05) is 34.1 Å². The lowest BCUT2D eigenvalue weighted by molar-refractivity contribution is -0.211. The van der Waals surface area contributed by atoms with Gasteiger partial charge in [-0.15, -0.1) is 0 Å². The number of carbonyl (C=O) groups is 1. The SMILES string of the molecule is CC1CCC2C(C)(C)CCCC2(C)C1(O)CCC1=CC(=O)OC1. The minimum Gasteiger partial charge on any atom is -0.458 e. The lowest BCUT2D eigenvalue weighted by Crippen LogP contribution is -2.62. The number of fused-ring (bicyclic) bond motifs is 1. The molecule has 23 heavy (non-hydrogen) atoms. The quantitative estimate of drug-likeness (QED) is 0.791. The van der Waals surface area contributed by atoms with Gasteiger partial charge in [-0.25, -0.2) is 4.79 Å². The molecule has 2 fully saturated rings. The Balaban J connectivity index is 1.85. The van der Waals surface area contributed by atoms with Crippen molar-refractivity contribution < 1.29 is 14.6 Å². The molecule has 1 N–H and O–H groups in total. The van der Waals surface area contributed by atoms with Gasteiger partial charge in [0.25, 0.3) is 0 Å². The molecule has 2 saturated carbocycles. The zero-order valence-corrected chi connectivity index (χ0v) is 15.2. The van der Waals surface area contributed by atoms with E-state index < -0.39 is 5.60 Å². The minimum absolute atomic E-state index is 0.0174. The molecule has 0 aromatic heterocycles. The third-order valence-electron chi connectivity index (χ3n) is 7.47. The van der Waals surface area contributed by atoms with Crippen molar-refractivity contribution in [3.63, 3.8) is 0 Å². The molecule has 0 saturated heterocycles. The van der Waals surface area contributed by atoms with E-state index in [4.69, 9.17) is 4.74 Å². The monoisotopic (exact) mass is 320 g/mol. The van der Waals surface area contributed by atoms with Crippen LogP contribution < -0.4 is 0 Å². The van der Waals surface area contributed by atoms with Gasteiger partial charge in [0.1, 0.15) is 6.61 Å². The van der Waals surface area contributed by atoms with Gasteiger partial charge >= 0.3 is 5.97 Å². The highest BCUT2D eigenvalue weighted by Crippen LogP contribution is 2.63. The molecule has 4 unspecified atom stereocenters. The third kappa shape index (κ3) is 2.65. The van der Waals surface area contributed by atoms with E-state index in [1.165, 1.54) is 19.3 Å². The summed E-state index contributed by atoms with van der Waals surface area (Å²) >= 11 is 0. The first-order chi connectivity index (χ1) is 10.7. The topological polar surface area (TPSA) is 46.5 Å². The number of esters is 1. The van der Waals surface area contributed by atoms with Crippen LogP contribution in [0.3, 0.4) is 0 Å². The largest absolute Gasteiger partial charge is 0.458 e. The predicted octanol–water partition coefficient (Wildman–Crippen LogP) is 4.24. The van der Waals surface area contributed by atoms with Crippen molar-refractivity contribution in [1.29, 1.82) is 0 Å². The number of hydrogen-bond donors (Lipinski definition) is 1. The Hall–Kier alpha value is -0.830. The maximum Gasteiger partial charge on any atom is 0.331 e. The van der Waals surface area contributed by atoms with Gasteiger partial charge in [-0.05, 0) is 66.8 Å². The standard InChI is InChI=1S/C20H32O3/c1-14-6-7-16-18(2,3)9-5-10-19(16,4)20(14,22)11-8-15-12-17(21)23-13-15/h12,14,16,22H,5-11,13H2,1-4H3. The molecule has 2 aliphatic carbocycles. The number of aliphatic hydroxyl groups is 1.